The summed E-state index contributed by atoms with van der Waals surface area (Å²) in [6.07, 6.45) is 1.84. The van der Waals surface area contributed by atoms with Crippen LogP contribution < -0.4 is 5.32 Å². The molecule has 1 aromatic rings. The van der Waals surface area contributed by atoms with Crippen LogP contribution in [-0.4, -0.2) is 22.2 Å². The fourth-order valence-electron chi connectivity index (χ4n) is 1.41. The maximum atomic E-state index is 6.19. The lowest BCUT2D eigenvalue weighted by atomic mass is 10.3. The average molecular weight is 250 g/mol. The van der Waals surface area contributed by atoms with Crippen LogP contribution in [-0.2, 0) is 20.0 Å². The van der Waals surface area contributed by atoms with Crippen LogP contribution in [0.1, 0.15) is 24.7 Å². The number of rotatable bonds is 6. The molecule has 0 saturated heterocycles. The number of halogens is 2. The Balaban J connectivity index is 2.56. The van der Waals surface area contributed by atoms with Gasteiger partial charge in [0.2, 0.25) is 0 Å². The summed E-state index contributed by atoms with van der Waals surface area (Å²) in [5, 5.41) is 8.43. The van der Waals surface area contributed by atoms with Crippen molar-refractivity contribution in [3.63, 3.8) is 0 Å². The van der Waals surface area contributed by atoms with Crippen molar-refractivity contribution in [3.05, 3.63) is 16.4 Å². The van der Waals surface area contributed by atoms with Crippen LogP contribution in [0.5, 0.6) is 0 Å². The van der Waals surface area contributed by atoms with E-state index >= 15 is 0 Å². The van der Waals surface area contributed by atoms with E-state index in [0.717, 1.165) is 42.3 Å². The molecule has 1 rings (SSSR count). The predicted molar refractivity (Wildman–Crippen MR) is 64.6 cm³/mol. The molecule has 3 nitrogen and oxygen atoms in total. The summed E-state index contributed by atoms with van der Waals surface area (Å²) in [7, 11) is 1.92. The molecule has 0 unspecified atom stereocenters. The van der Waals surface area contributed by atoms with E-state index in [1.54, 1.807) is 0 Å². The maximum Gasteiger partial charge on any atom is 0.0863 e. The van der Waals surface area contributed by atoms with Gasteiger partial charge in [-0.05, 0) is 19.4 Å². The van der Waals surface area contributed by atoms with Crippen LogP contribution in [0.4, 0.5) is 0 Å². The van der Waals surface area contributed by atoms with Gasteiger partial charge in [0.15, 0.2) is 0 Å². The fraction of sp³-hybridized carbons (Fsp3) is 0.700. The molecule has 0 fully saturated rings. The van der Waals surface area contributed by atoms with Crippen LogP contribution >= 0.6 is 23.2 Å². The van der Waals surface area contributed by atoms with E-state index in [-0.39, 0.29) is 0 Å². The minimum absolute atomic E-state index is 0.687. The minimum Gasteiger partial charge on any atom is -0.311 e. The van der Waals surface area contributed by atoms with E-state index < -0.39 is 0 Å². The number of aromatic nitrogens is 2. The zero-order valence-electron chi connectivity index (χ0n) is 9.19. The number of alkyl halides is 1. The molecule has 0 aliphatic rings. The summed E-state index contributed by atoms with van der Waals surface area (Å²) >= 11 is 11.8. The summed E-state index contributed by atoms with van der Waals surface area (Å²) in [5.41, 5.74) is 2.01. The van der Waals surface area contributed by atoms with Gasteiger partial charge in [-0.15, -0.1) is 11.6 Å². The monoisotopic (exact) mass is 249 g/mol. The Morgan fingerprint density at radius 3 is 2.73 bits per heavy atom. The van der Waals surface area contributed by atoms with Crippen LogP contribution in [0, 0.1) is 0 Å². The molecule has 0 bridgehead atoms. The quantitative estimate of drug-likeness (QED) is 0.620. The van der Waals surface area contributed by atoms with Gasteiger partial charge in [0.25, 0.3) is 0 Å². The molecule has 0 aliphatic carbocycles. The van der Waals surface area contributed by atoms with Gasteiger partial charge in [0.1, 0.15) is 0 Å². The van der Waals surface area contributed by atoms with Crippen LogP contribution in [0.15, 0.2) is 0 Å². The van der Waals surface area contributed by atoms with Crippen LogP contribution in [0.25, 0.3) is 0 Å². The minimum atomic E-state index is 0.687. The van der Waals surface area contributed by atoms with Crippen LogP contribution in [0.3, 0.4) is 0 Å². The Morgan fingerprint density at radius 2 is 2.20 bits per heavy atom. The number of aryl methyl sites for hydroxylation is 2. The molecule has 5 heteroatoms. The number of hydrogen-bond acceptors (Lipinski definition) is 2. The smallest absolute Gasteiger partial charge is 0.0863 e. The molecule has 86 valence electrons. The van der Waals surface area contributed by atoms with E-state index in [4.69, 9.17) is 23.2 Å². The third kappa shape index (κ3) is 3.37. The van der Waals surface area contributed by atoms with Crippen molar-refractivity contribution in [2.75, 3.05) is 12.4 Å². The summed E-state index contributed by atoms with van der Waals surface area (Å²) in [4.78, 5) is 0. The Kier molecular flexibility index (Phi) is 5.43. The lowest BCUT2D eigenvalue weighted by molar-refractivity contribution is 0.619. The van der Waals surface area contributed by atoms with Crippen molar-refractivity contribution < 1.29 is 0 Å². The molecular weight excluding hydrogens is 233 g/mol. The highest BCUT2D eigenvalue weighted by molar-refractivity contribution is 6.31. The summed E-state index contributed by atoms with van der Waals surface area (Å²) in [5.74, 6) is 0.687. The van der Waals surface area contributed by atoms with Gasteiger partial charge in [-0.2, -0.15) is 5.10 Å². The third-order valence-electron chi connectivity index (χ3n) is 2.28. The Labute approximate surface area is 101 Å². The van der Waals surface area contributed by atoms with Gasteiger partial charge in [-0.25, -0.2) is 0 Å². The van der Waals surface area contributed by atoms with Gasteiger partial charge in [-0.3, -0.25) is 4.68 Å². The molecule has 15 heavy (non-hydrogen) atoms. The molecule has 0 amide bonds. The maximum absolute atomic E-state index is 6.19. The molecule has 1 N–H and O–H groups in total. The standard InChI is InChI=1S/C10H17Cl2N3/c1-3-8-10(12)9(15(2)14-8)7-13-6-4-5-11/h13H,3-7H2,1-2H3. The van der Waals surface area contributed by atoms with Gasteiger partial charge in [0.05, 0.1) is 16.4 Å². The molecule has 1 aromatic heterocycles. The first kappa shape index (κ1) is 12.8. The molecule has 0 spiro atoms. The van der Waals surface area contributed by atoms with E-state index in [0.29, 0.717) is 5.88 Å². The van der Waals surface area contributed by atoms with Crippen molar-refractivity contribution in [2.24, 2.45) is 7.05 Å². The lowest BCUT2D eigenvalue weighted by Crippen LogP contribution is -2.17. The Morgan fingerprint density at radius 1 is 1.47 bits per heavy atom. The van der Waals surface area contributed by atoms with Crippen molar-refractivity contribution >= 4 is 23.2 Å². The molecule has 0 aromatic carbocycles. The number of nitrogens with zero attached hydrogens (tertiary/aromatic N) is 2. The number of hydrogen-bond donors (Lipinski definition) is 1. The molecule has 0 aliphatic heterocycles. The second-order valence-electron chi connectivity index (χ2n) is 3.40. The molecule has 0 saturated carbocycles. The highest BCUT2D eigenvalue weighted by Gasteiger charge is 2.11. The highest BCUT2D eigenvalue weighted by atomic mass is 35.5. The molecule has 0 atom stereocenters. The zero-order valence-corrected chi connectivity index (χ0v) is 10.7. The Bertz CT molecular complexity index is 310. The van der Waals surface area contributed by atoms with E-state index in [9.17, 15) is 0 Å². The van der Waals surface area contributed by atoms with Crippen molar-refractivity contribution in [3.8, 4) is 0 Å². The first-order chi connectivity index (χ1) is 7.20. The second kappa shape index (κ2) is 6.36. The SMILES string of the molecule is CCc1nn(C)c(CNCCCCl)c1Cl. The highest BCUT2D eigenvalue weighted by Crippen LogP contribution is 2.20. The predicted octanol–water partition coefficient (Wildman–Crippen LogP) is 2.35. The van der Waals surface area contributed by atoms with E-state index in [1.807, 2.05) is 11.7 Å². The Hall–Kier alpha value is -0.250. The van der Waals surface area contributed by atoms with Crippen molar-refractivity contribution in [1.82, 2.24) is 15.1 Å². The van der Waals surface area contributed by atoms with Crippen molar-refractivity contribution in [1.29, 1.82) is 0 Å². The number of nitrogens with one attached hydrogen (secondary N) is 1. The fourth-order valence-corrected chi connectivity index (χ4v) is 1.90. The first-order valence-electron chi connectivity index (χ1n) is 5.17. The second-order valence-corrected chi connectivity index (χ2v) is 4.16. The normalized spacial score (nSPS) is 10.9. The molecular formula is C10H17Cl2N3. The van der Waals surface area contributed by atoms with E-state index in [1.165, 1.54) is 0 Å². The first-order valence-corrected chi connectivity index (χ1v) is 6.08. The van der Waals surface area contributed by atoms with E-state index in [2.05, 4.69) is 17.3 Å². The van der Waals surface area contributed by atoms with Gasteiger partial charge in [-0.1, -0.05) is 18.5 Å². The summed E-state index contributed by atoms with van der Waals surface area (Å²) in [6.45, 7) is 3.71. The average Bonchev–Trinajstić information content (AvgIpc) is 2.50. The zero-order chi connectivity index (χ0) is 11.3. The summed E-state index contributed by atoms with van der Waals surface area (Å²) < 4.78 is 1.84. The topological polar surface area (TPSA) is 29.9 Å². The molecule has 1 heterocycles. The molecule has 0 radical (unpaired) electrons. The lowest BCUT2D eigenvalue weighted by Gasteiger charge is -2.04. The van der Waals surface area contributed by atoms with Gasteiger partial charge in [0, 0.05) is 19.5 Å². The van der Waals surface area contributed by atoms with Crippen molar-refractivity contribution in [2.45, 2.75) is 26.3 Å². The third-order valence-corrected chi connectivity index (χ3v) is 2.99. The van der Waals surface area contributed by atoms with Gasteiger partial charge < -0.3 is 5.32 Å². The van der Waals surface area contributed by atoms with Crippen LogP contribution in [0.2, 0.25) is 5.02 Å². The largest absolute Gasteiger partial charge is 0.311 e. The van der Waals surface area contributed by atoms with Gasteiger partial charge >= 0.3 is 0 Å². The summed E-state index contributed by atoms with van der Waals surface area (Å²) in [6, 6.07) is 0.